The summed E-state index contributed by atoms with van der Waals surface area (Å²) in [6, 6.07) is 17.5. The lowest BCUT2D eigenvalue weighted by Crippen LogP contribution is -2.14. The molecule has 0 spiro atoms. The lowest BCUT2D eigenvalue weighted by Gasteiger charge is -2.13. The fraction of sp³-hybridized carbons (Fsp3) is 0.130. The van der Waals surface area contributed by atoms with E-state index in [0.717, 1.165) is 0 Å². The first kappa shape index (κ1) is 23.7. The highest BCUT2D eigenvalue weighted by atomic mass is 79.9. The summed E-state index contributed by atoms with van der Waals surface area (Å²) in [4.78, 5) is 4.31. The monoisotopic (exact) mass is 546 g/mol. The van der Waals surface area contributed by atoms with Gasteiger partial charge in [0.1, 0.15) is 16.5 Å². The van der Waals surface area contributed by atoms with E-state index in [1.807, 2.05) is 0 Å². The van der Waals surface area contributed by atoms with Crippen molar-refractivity contribution in [1.82, 2.24) is 14.8 Å². The van der Waals surface area contributed by atoms with Crippen LogP contribution in [0.2, 0.25) is 0 Å². The Morgan fingerprint density at radius 3 is 2.50 bits per heavy atom. The largest absolute Gasteiger partial charge is 0.495 e. The summed E-state index contributed by atoms with van der Waals surface area (Å²) in [6.45, 7) is 2.14. The minimum absolute atomic E-state index is 0.00655. The van der Waals surface area contributed by atoms with E-state index in [-0.39, 0.29) is 28.0 Å². The molecule has 4 rings (SSSR count). The maximum absolute atomic E-state index is 14.5. The normalized spacial score (nSPS) is 11.3. The molecule has 1 heterocycles. The quantitative estimate of drug-likeness (QED) is 0.332. The molecule has 8 nitrogen and oxygen atoms in total. The van der Waals surface area contributed by atoms with E-state index >= 15 is 0 Å². The third kappa shape index (κ3) is 4.90. The van der Waals surface area contributed by atoms with E-state index in [1.54, 1.807) is 61.5 Å². The first-order valence-corrected chi connectivity index (χ1v) is 12.4. The lowest BCUT2D eigenvalue weighted by molar-refractivity contribution is 0.312. The molecule has 1 aromatic heterocycles. The number of methoxy groups -OCH3 is 1. The summed E-state index contributed by atoms with van der Waals surface area (Å²) < 4.78 is 55.5. The molecule has 11 heteroatoms. The summed E-state index contributed by atoms with van der Waals surface area (Å²) in [6.07, 6.45) is 0. The van der Waals surface area contributed by atoms with Gasteiger partial charge in [-0.3, -0.25) is 4.72 Å². The second-order valence-electron chi connectivity index (χ2n) is 6.99. The van der Waals surface area contributed by atoms with Crippen LogP contribution in [0.3, 0.4) is 0 Å². The van der Waals surface area contributed by atoms with Crippen LogP contribution < -0.4 is 14.2 Å². The van der Waals surface area contributed by atoms with E-state index in [9.17, 15) is 12.8 Å². The molecule has 0 saturated carbocycles. The summed E-state index contributed by atoms with van der Waals surface area (Å²) in [7, 11) is -2.52. The minimum atomic E-state index is -3.93. The van der Waals surface area contributed by atoms with E-state index in [2.05, 4.69) is 30.7 Å². The molecule has 0 aliphatic rings. The Morgan fingerprint density at radius 1 is 1.09 bits per heavy atom. The summed E-state index contributed by atoms with van der Waals surface area (Å²) in [5.74, 6) is 0.0215. The van der Waals surface area contributed by atoms with Crippen LogP contribution >= 0.6 is 15.9 Å². The molecule has 0 aliphatic heterocycles. The number of sulfonamides is 1. The van der Waals surface area contributed by atoms with Gasteiger partial charge in [0.25, 0.3) is 10.0 Å². The van der Waals surface area contributed by atoms with E-state index < -0.39 is 15.8 Å². The number of nitrogens with zero attached hydrogens (tertiary/aromatic N) is 3. The molecule has 0 bridgehead atoms. The zero-order valence-corrected chi connectivity index (χ0v) is 20.6. The Labute approximate surface area is 204 Å². The van der Waals surface area contributed by atoms with Crippen molar-refractivity contribution in [2.24, 2.45) is 0 Å². The van der Waals surface area contributed by atoms with Crippen molar-refractivity contribution in [3.8, 4) is 28.8 Å². The number of benzene rings is 3. The average Bonchev–Trinajstić information content (AvgIpc) is 3.23. The predicted octanol–water partition coefficient (Wildman–Crippen LogP) is 5.04. The highest BCUT2D eigenvalue weighted by Gasteiger charge is 2.21. The Hall–Kier alpha value is -3.44. The van der Waals surface area contributed by atoms with Crippen molar-refractivity contribution in [2.75, 3.05) is 18.4 Å². The van der Waals surface area contributed by atoms with Gasteiger partial charge in [0.2, 0.25) is 0 Å². The van der Waals surface area contributed by atoms with Gasteiger partial charge in [0, 0.05) is 10.2 Å². The average molecular weight is 547 g/mol. The van der Waals surface area contributed by atoms with E-state index in [4.69, 9.17) is 9.47 Å². The predicted molar refractivity (Wildman–Crippen MR) is 129 cm³/mol. The van der Waals surface area contributed by atoms with Gasteiger partial charge in [0.15, 0.2) is 5.82 Å². The smallest absolute Gasteiger partial charge is 0.336 e. The second-order valence-corrected chi connectivity index (χ2v) is 9.56. The molecule has 0 aliphatic carbocycles. The highest BCUT2D eigenvalue weighted by Crippen LogP contribution is 2.30. The molecule has 3 aromatic carbocycles. The molecule has 0 fully saturated rings. The molecule has 176 valence electrons. The minimum Gasteiger partial charge on any atom is -0.495 e. The number of nitrogens with one attached hydrogen (secondary N) is 1. The Balaban J connectivity index is 1.67. The first-order chi connectivity index (χ1) is 16.3. The zero-order chi connectivity index (χ0) is 24.3. The van der Waals surface area contributed by atoms with Crippen molar-refractivity contribution in [1.29, 1.82) is 0 Å². The van der Waals surface area contributed by atoms with Crippen molar-refractivity contribution < 1.29 is 22.3 Å². The standard InChI is InChI=1S/C23H20BrFN4O4S/c1-3-33-23-26-22(18-6-4-5-7-19(18)25)29(27-23)17-11-9-16(10-12-17)28-34(30,31)21-14-15(24)8-13-20(21)32-2/h4-14,28H,3H2,1-2H3. The Kier molecular flexibility index (Phi) is 6.85. The van der Waals surface area contributed by atoms with Gasteiger partial charge in [-0.05, 0) is 61.5 Å². The van der Waals surface area contributed by atoms with Crippen LogP contribution in [0.4, 0.5) is 10.1 Å². The number of rotatable bonds is 8. The number of anilines is 1. The summed E-state index contributed by atoms with van der Waals surface area (Å²) in [5, 5.41) is 4.33. The SMILES string of the molecule is CCOc1nc(-c2ccccc2F)n(-c2ccc(NS(=O)(=O)c3cc(Br)ccc3OC)cc2)n1. The first-order valence-electron chi connectivity index (χ1n) is 10.1. The second kappa shape index (κ2) is 9.82. The third-order valence-corrected chi connectivity index (χ3v) is 6.65. The third-order valence-electron chi connectivity index (χ3n) is 4.76. The zero-order valence-electron chi connectivity index (χ0n) is 18.2. The summed E-state index contributed by atoms with van der Waals surface area (Å²) in [5.41, 5.74) is 1.12. The van der Waals surface area contributed by atoms with Gasteiger partial charge in [-0.1, -0.05) is 28.1 Å². The molecular weight excluding hydrogens is 527 g/mol. The van der Waals surface area contributed by atoms with E-state index in [0.29, 0.717) is 22.5 Å². The molecule has 34 heavy (non-hydrogen) atoms. The molecule has 0 saturated heterocycles. The highest BCUT2D eigenvalue weighted by molar-refractivity contribution is 9.10. The van der Waals surface area contributed by atoms with Crippen LogP contribution in [0.5, 0.6) is 11.8 Å². The van der Waals surface area contributed by atoms with Crippen LogP contribution in [0.25, 0.3) is 17.1 Å². The molecular formula is C23H20BrFN4O4S. The lowest BCUT2D eigenvalue weighted by atomic mass is 10.2. The maximum Gasteiger partial charge on any atom is 0.336 e. The van der Waals surface area contributed by atoms with Crippen LogP contribution in [-0.2, 0) is 10.0 Å². The maximum atomic E-state index is 14.5. The number of hydrogen-bond acceptors (Lipinski definition) is 6. The van der Waals surface area contributed by atoms with Gasteiger partial charge >= 0.3 is 6.01 Å². The molecule has 0 atom stereocenters. The number of ether oxygens (including phenoxy) is 2. The fourth-order valence-electron chi connectivity index (χ4n) is 3.22. The van der Waals surface area contributed by atoms with Crippen LogP contribution in [0.15, 0.2) is 76.1 Å². The Bertz CT molecular complexity index is 1430. The van der Waals surface area contributed by atoms with Crippen molar-refractivity contribution in [3.63, 3.8) is 0 Å². The van der Waals surface area contributed by atoms with Gasteiger partial charge in [-0.2, -0.15) is 4.98 Å². The van der Waals surface area contributed by atoms with E-state index in [1.165, 1.54) is 23.9 Å². The molecule has 4 aromatic rings. The van der Waals surface area contributed by atoms with Crippen molar-refractivity contribution in [2.45, 2.75) is 11.8 Å². The number of halogens is 2. The topological polar surface area (TPSA) is 95.3 Å². The van der Waals surface area contributed by atoms with Gasteiger partial charge < -0.3 is 9.47 Å². The van der Waals surface area contributed by atoms with Crippen molar-refractivity contribution >= 4 is 31.6 Å². The fourth-order valence-corrected chi connectivity index (χ4v) is 4.99. The van der Waals surface area contributed by atoms with Gasteiger partial charge in [0.05, 0.1) is 25.0 Å². The van der Waals surface area contributed by atoms with Crippen molar-refractivity contribution in [3.05, 3.63) is 77.0 Å². The molecule has 0 unspecified atom stereocenters. The van der Waals surface area contributed by atoms with Crippen LogP contribution in [-0.4, -0.2) is 36.9 Å². The molecule has 0 amide bonds. The van der Waals surface area contributed by atoms with Crippen LogP contribution in [0, 0.1) is 5.82 Å². The van der Waals surface area contributed by atoms with Gasteiger partial charge in [-0.15, -0.1) is 5.10 Å². The molecule has 1 N–H and O–H groups in total. The molecule has 0 radical (unpaired) electrons. The van der Waals surface area contributed by atoms with Crippen LogP contribution in [0.1, 0.15) is 6.92 Å². The summed E-state index contributed by atoms with van der Waals surface area (Å²) >= 11 is 3.28. The Morgan fingerprint density at radius 2 is 1.82 bits per heavy atom. The van der Waals surface area contributed by atoms with Gasteiger partial charge in [-0.25, -0.2) is 17.5 Å². The number of aromatic nitrogens is 3. The number of hydrogen-bond donors (Lipinski definition) is 1.